The SMILES string of the molecule is CC(C[N+](C)(C)C)OC(=O)c1ccc(S(=O)(=O)N(C)C)o1.[I-]. The number of quaternary nitrogens is 1. The molecule has 0 spiro atoms. The predicted octanol–water partition coefficient (Wildman–Crippen LogP) is -2.21. The maximum absolute atomic E-state index is 11.9. The van der Waals surface area contributed by atoms with Crippen molar-refractivity contribution in [2.45, 2.75) is 18.1 Å². The minimum atomic E-state index is -3.69. The minimum Gasteiger partial charge on any atom is -1.00 e. The Bertz CT molecular complexity index is 604. The van der Waals surface area contributed by atoms with Crippen LogP contribution in [0.25, 0.3) is 0 Å². The van der Waals surface area contributed by atoms with Gasteiger partial charge in [-0.1, -0.05) is 0 Å². The number of hydrogen-bond donors (Lipinski definition) is 0. The Kier molecular flexibility index (Phi) is 7.52. The van der Waals surface area contributed by atoms with Gasteiger partial charge in [0, 0.05) is 14.1 Å². The van der Waals surface area contributed by atoms with Gasteiger partial charge in [-0.05, 0) is 19.1 Å². The molecule has 1 rings (SSSR count). The van der Waals surface area contributed by atoms with Crippen LogP contribution in [-0.4, -0.2) is 71.1 Å². The molecule has 0 saturated carbocycles. The Labute approximate surface area is 148 Å². The average molecular weight is 446 g/mol. The molecule has 1 aromatic rings. The van der Waals surface area contributed by atoms with E-state index >= 15 is 0 Å². The summed E-state index contributed by atoms with van der Waals surface area (Å²) in [6, 6.07) is 2.55. The van der Waals surface area contributed by atoms with Crippen LogP contribution in [-0.2, 0) is 14.8 Å². The fourth-order valence-corrected chi connectivity index (χ4v) is 2.59. The molecule has 0 aliphatic rings. The van der Waals surface area contributed by atoms with E-state index in [4.69, 9.17) is 9.15 Å². The molecule has 0 aromatic carbocycles. The number of carbonyl (C=O) groups excluding carboxylic acids is 1. The molecular formula is C13H23IN2O5S. The minimum absolute atomic E-state index is 0. The van der Waals surface area contributed by atoms with Crippen LogP contribution in [0, 0.1) is 0 Å². The highest BCUT2D eigenvalue weighted by atomic mass is 127. The van der Waals surface area contributed by atoms with Crippen LogP contribution in [0.1, 0.15) is 17.5 Å². The zero-order valence-electron chi connectivity index (χ0n) is 13.7. The van der Waals surface area contributed by atoms with Crippen molar-refractivity contribution in [2.24, 2.45) is 0 Å². The highest BCUT2D eigenvalue weighted by Gasteiger charge is 2.25. The molecule has 0 bridgehead atoms. The molecule has 9 heteroatoms. The summed E-state index contributed by atoms with van der Waals surface area (Å²) in [5.74, 6) is -0.792. The second-order valence-corrected chi connectivity index (χ2v) is 8.18. The van der Waals surface area contributed by atoms with Gasteiger partial charge in [0.2, 0.25) is 10.9 Å². The summed E-state index contributed by atoms with van der Waals surface area (Å²) in [4.78, 5) is 11.9. The molecule has 0 amide bonds. The third-order valence-electron chi connectivity index (χ3n) is 2.63. The molecule has 1 atom stereocenters. The lowest BCUT2D eigenvalue weighted by atomic mass is 10.3. The van der Waals surface area contributed by atoms with E-state index in [-0.39, 0.29) is 40.9 Å². The van der Waals surface area contributed by atoms with Crippen LogP contribution >= 0.6 is 0 Å². The number of nitrogens with zero attached hydrogens (tertiary/aromatic N) is 2. The number of carbonyl (C=O) groups is 1. The second-order valence-electron chi connectivity index (χ2n) is 6.09. The molecule has 0 saturated heterocycles. The quantitative estimate of drug-likeness (QED) is 0.281. The first kappa shape index (κ1) is 21.4. The first-order chi connectivity index (χ1) is 9.43. The van der Waals surface area contributed by atoms with E-state index < -0.39 is 16.0 Å². The first-order valence-corrected chi connectivity index (χ1v) is 7.91. The van der Waals surface area contributed by atoms with Gasteiger partial charge in [0.1, 0.15) is 12.6 Å². The third-order valence-corrected chi connectivity index (χ3v) is 4.32. The summed E-state index contributed by atoms with van der Waals surface area (Å²) >= 11 is 0. The van der Waals surface area contributed by atoms with Crippen molar-refractivity contribution in [3.8, 4) is 0 Å². The number of hydrogen-bond acceptors (Lipinski definition) is 5. The Morgan fingerprint density at radius 1 is 1.32 bits per heavy atom. The van der Waals surface area contributed by atoms with Crippen LogP contribution in [0.5, 0.6) is 0 Å². The van der Waals surface area contributed by atoms with Crippen LogP contribution in [0.4, 0.5) is 0 Å². The summed E-state index contributed by atoms with van der Waals surface area (Å²) in [7, 11) is 5.04. The second kappa shape index (κ2) is 7.75. The predicted molar refractivity (Wildman–Crippen MR) is 77.4 cm³/mol. The molecule has 1 heterocycles. The molecule has 0 aliphatic carbocycles. The molecule has 0 aliphatic heterocycles. The standard InChI is InChI=1S/C13H23N2O5S.HI/c1-10(9-15(4,5)6)19-13(16)11-7-8-12(20-11)21(17,18)14(2)3;/h7-8,10H,9H2,1-6H3;1H/q+1;/p-1. The lowest BCUT2D eigenvalue weighted by Crippen LogP contribution is -3.00. The van der Waals surface area contributed by atoms with E-state index in [0.717, 1.165) is 4.31 Å². The van der Waals surface area contributed by atoms with Gasteiger partial charge in [0.25, 0.3) is 10.0 Å². The van der Waals surface area contributed by atoms with Gasteiger partial charge >= 0.3 is 5.97 Å². The fourth-order valence-electron chi connectivity index (χ4n) is 1.80. The lowest BCUT2D eigenvalue weighted by Gasteiger charge is -2.26. The number of rotatable bonds is 6. The largest absolute Gasteiger partial charge is 1.00 e. The van der Waals surface area contributed by atoms with Crippen LogP contribution < -0.4 is 24.0 Å². The number of sulfonamides is 1. The molecule has 0 radical (unpaired) electrons. The third kappa shape index (κ3) is 5.86. The van der Waals surface area contributed by atoms with Crippen molar-refractivity contribution in [1.29, 1.82) is 0 Å². The summed E-state index contributed by atoms with van der Waals surface area (Å²) in [6.45, 7) is 2.41. The number of furan rings is 1. The van der Waals surface area contributed by atoms with Gasteiger partial charge in [0.05, 0.1) is 21.1 Å². The zero-order chi connectivity index (χ0) is 16.4. The highest BCUT2D eigenvalue weighted by molar-refractivity contribution is 7.88. The Hall–Kier alpha value is -0.650. The topological polar surface area (TPSA) is 76.8 Å². The average Bonchev–Trinajstić information content (AvgIpc) is 2.75. The number of likely N-dealkylation sites (N-methyl/N-ethyl adjacent to an activating group) is 1. The molecule has 128 valence electrons. The Morgan fingerprint density at radius 3 is 2.32 bits per heavy atom. The smallest absolute Gasteiger partial charge is 0.374 e. The van der Waals surface area contributed by atoms with Crippen LogP contribution in [0.15, 0.2) is 21.6 Å². The normalized spacial score (nSPS) is 13.6. The monoisotopic (exact) mass is 446 g/mol. The van der Waals surface area contributed by atoms with Gasteiger partial charge in [-0.3, -0.25) is 0 Å². The van der Waals surface area contributed by atoms with Crippen molar-refractivity contribution >= 4 is 16.0 Å². The maximum atomic E-state index is 11.9. The zero-order valence-corrected chi connectivity index (χ0v) is 16.6. The van der Waals surface area contributed by atoms with Crippen molar-refractivity contribution in [2.75, 3.05) is 41.8 Å². The molecule has 0 N–H and O–H groups in total. The van der Waals surface area contributed by atoms with Gasteiger partial charge < -0.3 is 37.6 Å². The van der Waals surface area contributed by atoms with E-state index in [2.05, 4.69) is 0 Å². The maximum Gasteiger partial charge on any atom is 0.374 e. The number of esters is 1. The molecular weight excluding hydrogens is 423 g/mol. The molecule has 1 aromatic heterocycles. The number of halogens is 1. The Morgan fingerprint density at radius 2 is 1.86 bits per heavy atom. The van der Waals surface area contributed by atoms with Crippen molar-refractivity contribution in [1.82, 2.24) is 4.31 Å². The van der Waals surface area contributed by atoms with Crippen molar-refractivity contribution in [3.05, 3.63) is 17.9 Å². The Balaban J connectivity index is 0.00000441. The van der Waals surface area contributed by atoms with Gasteiger partial charge in [-0.15, -0.1) is 0 Å². The van der Waals surface area contributed by atoms with Gasteiger partial charge in [-0.25, -0.2) is 17.5 Å². The van der Waals surface area contributed by atoms with E-state index in [1.807, 2.05) is 21.1 Å². The van der Waals surface area contributed by atoms with E-state index in [0.29, 0.717) is 11.0 Å². The van der Waals surface area contributed by atoms with Gasteiger partial charge in [0.15, 0.2) is 0 Å². The van der Waals surface area contributed by atoms with E-state index in [9.17, 15) is 13.2 Å². The van der Waals surface area contributed by atoms with Gasteiger partial charge in [-0.2, -0.15) is 0 Å². The summed E-state index contributed by atoms with van der Waals surface area (Å²) in [5, 5.41) is -0.279. The van der Waals surface area contributed by atoms with E-state index in [1.54, 1.807) is 6.92 Å². The van der Waals surface area contributed by atoms with Crippen LogP contribution in [0.2, 0.25) is 0 Å². The molecule has 22 heavy (non-hydrogen) atoms. The molecule has 0 fully saturated rings. The first-order valence-electron chi connectivity index (χ1n) is 6.47. The van der Waals surface area contributed by atoms with Crippen LogP contribution in [0.3, 0.4) is 0 Å². The summed E-state index contributed by atoms with van der Waals surface area (Å²) < 4.78 is 35.7. The van der Waals surface area contributed by atoms with Crippen molar-refractivity contribution in [3.63, 3.8) is 0 Å². The lowest BCUT2D eigenvalue weighted by molar-refractivity contribution is -0.873. The van der Waals surface area contributed by atoms with Crippen molar-refractivity contribution < 1.29 is 50.8 Å². The summed E-state index contributed by atoms with van der Waals surface area (Å²) in [5.41, 5.74) is 0. The molecule has 7 nitrogen and oxygen atoms in total. The number of ether oxygens (including phenoxy) is 1. The fraction of sp³-hybridized carbons (Fsp3) is 0.615. The summed E-state index contributed by atoms with van der Waals surface area (Å²) in [6.07, 6.45) is -0.309. The molecule has 1 unspecified atom stereocenters. The van der Waals surface area contributed by atoms with E-state index in [1.165, 1.54) is 26.2 Å². The highest BCUT2D eigenvalue weighted by Crippen LogP contribution is 2.18.